The number of carbonyl (C=O) groups is 3. The van der Waals surface area contributed by atoms with Crippen molar-refractivity contribution in [1.29, 1.82) is 0 Å². The molecule has 3 aromatic rings. The number of hydrogen-bond donors (Lipinski definition) is 3. The summed E-state index contributed by atoms with van der Waals surface area (Å²) in [7, 11) is 1.77. The van der Waals surface area contributed by atoms with Gasteiger partial charge in [-0.1, -0.05) is 48.8 Å². The average Bonchev–Trinajstić information content (AvgIpc) is 3.17. The molecule has 9 nitrogen and oxygen atoms in total. The lowest BCUT2D eigenvalue weighted by Crippen LogP contribution is -2.31. The minimum atomic E-state index is -1.04. The molecule has 3 N–H and O–H groups in total. The highest BCUT2D eigenvalue weighted by Gasteiger charge is 2.24. The Balaban J connectivity index is 1.67. The van der Waals surface area contributed by atoms with Crippen molar-refractivity contribution < 1.29 is 19.5 Å². The number of aromatic carboxylic acids is 1. The van der Waals surface area contributed by atoms with Crippen LogP contribution >= 0.6 is 35.0 Å². The molecule has 1 atom stereocenters. The Morgan fingerprint density at radius 2 is 1.78 bits per heavy atom. The number of carboxylic acids is 1. The van der Waals surface area contributed by atoms with Crippen LogP contribution in [0.3, 0.4) is 0 Å². The number of carboxylic acid groups (broad SMARTS) is 1. The maximum atomic E-state index is 12.9. The number of rotatable bonds is 10. The Hall–Kier alpha value is -3.08. The molecule has 2 aromatic carbocycles. The van der Waals surface area contributed by atoms with Gasteiger partial charge in [0, 0.05) is 17.8 Å². The average molecular weight is 550 g/mol. The molecule has 0 aliphatic rings. The fourth-order valence-electron chi connectivity index (χ4n) is 3.39. The Morgan fingerprint density at radius 1 is 1.08 bits per heavy atom. The van der Waals surface area contributed by atoms with Crippen molar-refractivity contribution in [3.8, 4) is 0 Å². The molecule has 0 saturated carbocycles. The van der Waals surface area contributed by atoms with Crippen molar-refractivity contribution in [3.05, 3.63) is 69.5 Å². The lowest BCUT2D eigenvalue weighted by molar-refractivity contribution is -0.113. The molecule has 0 spiro atoms. The molecule has 0 aliphatic heterocycles. The minimum absolute atomic E-state index is 0.0637. The van der Waals surface area contributed by atoms with Crippen LogP contribution in [0.15, 0.2) is 47.6 Å². The van der Waals surface area contributed by atoms with E-state index in [1.807, 2.05) is 13.8 Å². The number of hydrogen-bond acceptors (Lipinski definition) is 6. The Labute approximate surface area is 222 Å². The van der Waals surface area contributed by atoms with E-state index in [4.69, 9.17) is 28.3 Å². The summed E-state index contributed by atoms with van der Waals surface area (Å²) < 4.78 is 1.75. The fourth-order valence-corrected chi connectivity index (χ4v) is 4.60. The number of carbonyl (C=O) groups excluding carboxylic acids is 2. The maximum Gasteiger partial charge on any atom is 0.335 e. The van der Waals surface area contributed by atoms with Crippen LogP contribution in [0.5, 0.6) is 0 Å². The molecule has 0 saturated heterocycles. The van der Waals surface area contributed by atoms with Crippen molar-refractivity contribution >= 4 is 58.4 Å². The number of halogens is 2. The molecule has 190 valence electrons. The van der Waals surface area contributed by atoms with Gasteiger partial charge in [0.1, 0.15) is 0 Å². The largest absolute Gasteiger partial charge is 0.478 e. The molecule has 0 unspecified atom stereocenters. The van der Waals surface area contributed by atoms with Crippen LogP contribution in [0.1, 0.15) is 52.9 Å². The first-order valence-corrected chi connectivity index (χ1v) is 12.7. The quantitative estimate of drug-likeness (QED) is 0.301. The number of thioether (sulfide) groups is 1. The monoisotopic (exact) mass is 549 g/mol. The molecule has 1 heterocycles. The van der Waals surface area contributed by atoms with E-state index in [0.717, 1.165) is 0 Å². The molecule has 2 amide bonds. The number of benzene rings is 2. The van der Waals surface area contributed by atoms with Crippen LogP contribution in [0, 0.1) is 5.92 Å². The summed E-state index contributed by atoms with van der Waals surface area (Å²) in [5.41, 5.74) is 0.930. The third kappa shape index (κ3) is 7.22. The van der Waals surface area contributed by atoms with Gasteiger partial charge < -0.3 is 20.3 Å². The summed E-state index contributed by atoms with van der Waals surface area (Å²) in [6, 6.07) is 10.1. The van der Waals surface area contributed by atoms with Gasteiger partial charge in [-0.05, 0) is 54.8 Å². The predicted octanol–water partition coefficient (Wildman–Crippen LogP) is 5.07. The summed E-state index contributed by atoms with van der Waals surface area (Å²) in [6.45, 7) is 4.07. The van der Waals surface area contributed by atoms with Crippen LogP contribution in [-0.2, 0) is 11.8 Å². The van der Waals surface area contributed by atoms with E-state index < -0.39 is 12.0 Å². The van der Waals surface area contributed by atoms with Crippen LogP contribution < -0.4 is 10.6 Å². The highest BCUT2D eigenvalue weighted by atomic mass is 35.5. The molecule has 12 heteroatoms. The topological polar surface area (TPSA) is 126 Å². The van der Waals surface area contributed by atoms with Gasteiger partial charge in [0.2, 0.25) is 5.91 Å². The molecule has 0 bridgehead atoms. The Morgan fingerprint density at radius 3 is 2.39 bits per heavy atom. The lowest BCUT2D eigenvalue weighted by atomic mass is 10.0. The summed E-state index contributed by atoms with van der Waals surface area (Å²) >= 11 is 13.3. The Kier molecular flexibility index (Phi) is 9.36. The van der Waals surface area contributed by atoms with E-state index in [9.17, 15) is 14.4 Å². The SMILES string of the molecule is CC(C)C[C@@H](NC(=O)c1ccc(Cl)cc1Cl)c1nnc(SCC(=O)Nc2ccc(C(=O)O)cc2)n1C. The summed E-state index contributed by atoms with van der Waals surface area (Å²) in [5, 5.41) is 24.3. The first kappa shape index (κ1) is 27.5. The van der Waals surface area contributed by atoms with Crippen molar-refractivity contribution in [2.75, 3.05) is 11.1 Å². The minimum Gasteiger partial charge on any atom is -0.478 e. The smallest absolute Gasteiger partial charge is 0.335 e. The van der Waals surface area contributed by atoms with E-state index in [2.05, 4.69) is 20.8 Å². The van der Waals surface area contributed by atoms with E-state index in [1.54, 1.807) is 23.7 Å². The molecular formula is C24H25Cl2N5O4S. The first-order valence-electron chi connectivity index (χ1n) is 11.0. The number of nitrogens with zero attached hydrogens (tertiary/aromatic N) is 3. The fraction of sp³-hybridized carbons (Fsp3) is 0.292. The number of amides is 2. The Bertz CT molecular complexity index is 1260. The highest BCUT2D eigenvalue weighted by molar-refractivity contribution is 7.99. The molecule has 0 radical (unpaired) electrons. The van der Waals surface area contributed by atoms with Crippen LogP contribution in [0.4, 0.5) is 5.69 Å². The van der Waals surface area contributed by atoms with Crippen molar-refractivity contribution in [3.63, 3.8) is 0 Å². The van der Waals surface area contributed by atoms with Crippen LogP contribution in [0.2, 0.25) is 10.0 Å². The van der Waals surface area contributed by atoms with Gasteiger partial charge in [-0.25, -0.2) is 4.79 Å². The summed E-state index contributed by atoms with van der Waals surface area (Å²) in [4.78, 5) is 36.2. The summed E-state index contributed by atoms with van der Waals surface area (Å²) in [6.07, 6.45) is 0.612. The molecule has 36 heavy (non-hydrogen) atoms. The summed E-state index contributed by atoms with van der Waals surface area (Å²) in [5.74, 6) is -0.806. The lowest BCUT2D eigenvalue weighted by Gasteiger charge is -2.20. The zero-order chi connectivity index (χ0) is 26.4. The molecular weight excluding hydrogens is 525 g/mol. The van der Waals surface area contributed by atoms with Gasteiger partial charge in [-0.3, -0.25) is 9.59 Å². The number of nitrogens with one attached hydrogen (secondary N) is 2. The normalized spacial score (nSPS) is 11.8. The standard InChI is InChI=1S/C24H25Cl2N5O4S/c1-13(2)10-19(28-22(33)17-9-6-15(25)11-18(17)26)21-29-30-24(31(21)3)36-12-20(32)27-16-7-4-14(5-8-16)23(34)35/h4-9,11,13,19H,10,12H2,1-3H3,(H,27,32)(H,28,33)(H,34,35)/t19-/m1/s1. The number of aromatic nitrogens is 3. The number of anilines is 1. The second-order valence-corrected chi connectivity index (χ2v) is 10.2. The van der Waals surface area contributed by atoms with E-state index in [0.29, 0.717) is 33.7 Å². The molecule has 3 rings (SSSR count). The van der Waals surface area contributed by atoms with Crippen LogP contribution in [-0.4, -0.2) is 43.4 Å². The van der Waals surface area contributed by atoms with Gasteiger partial charge in [-0.15, -0.1) is 10.2 Å². The third-order valence-corrected chi connectivity index (χ3v) is 6.68. The van der Waals surface area contributed by atoms with Gasteiger partial charge in [0.05, 0.1) is 27.9 Å². The van der Waals surface area contributed by atoms with Gasteiger partial charge in [0.15, 0.2) is 11.0 Å². The predicted molar refractivity (Wildman–Crippen MR) is 140 cm³/mol. The van der Waals surface area contributed by atoms with Crippen molar-refractivity contribution in [1.82, 2.24) is 20.1 Å². The van der Waals surface area contributed by atoms with Crippen molar-refractivity contribution in [2.45, 2.75) is 31.5 Å². The van der Waals surface area contributed by atoms with E-state index >= 15 is 0 Å². The molecule has 0 aliphatic carbocycles. The van der Waals surface area contributed by atoms with Gasteiger partial charge >= 0.3 is 5.97 Å². The third-order valence-electron chi connectivity index (χ3n) is 5.12. The zero-order valence-corrected chi connectivity index (χ0v) is 22.1. The van der Waals surface area contributed by atoms with Gasteiger partial charge in [-0.2, -0.15) is 0 Å². The van der Waals surface area contributed by atoms with E-state index in [1.165, 1.54) is 42.1 Å². The molecule has 0 fully saturated rings. The van der Waals surface area contributed by atoms with E-state index in [-0.39, 0.29) is 34.1 Å². The second kappa shape index (κ2) is 12.2. The van der Waals surface area contributed by atoms with Crippen LogP contribution in [0.25, 0.3) is 0 Å². The molecule has 1 aromatic heterocycles. The van der Waals surface area contributed by atoms with Gasteiger partial charge in [0.25, 0.3) is 5.91 Å². The second-order valence-electron chi connectivity index (χ2n) is 8.40. The first-order chi connectivity index (χ1) is 17.0. The van der Waals surface area contributed by atoms with Crippen molar-refractivity contribution in [2.24, 2.45) is 13.0 Å². The zero-order valence-electron chi connectivity index (χ0n) is 19.8. The maximum absolute atomic E-state index is 12.9. The highest BCUT2D eigenvalue weighted by Crippen LogP contribution is 2.26.